The fourth-order valence-electron chi connectivity index (χ4n) is 2.84. The van der Waals surface area contributed by atoms with E-state index in [0.29, 0.717) is 43.2 Å². The van der Waals surface area contributed by atoms with Gasteiger partial charge in [-0.05, 0) is 18.2 Å². The highest BCUT2D eigenvalue weighted by Gasteiger charge is 2.31. The van der Waals surface area contributed by atoms with Crippen LogP contribution in [0.15, 0.2) is 18.2 Å². The van der Waals surface area contributed by atoms with Gasteiger partial charge in [-0.25, -0.2) is 0 Å². The van der Waals surface area contributed by atoms with Gasteiger partial charge in [-0.15, -0.1) is 0 Å². The second-order valence-electron chi connectivity index (χ2n) is 7.46. The number of methoxy groups -OCH3 is 1. The van der Waals surface area contributed by atoms with E-state index in [1.807, 2.05) is 20.8 Å². The van der Waals surface area contributed by atoms with Crippen molar-refractivity contribution in [2.45, 2.75) is 20.8 Å². The summed E-state index contributed by atoms with van der Waals surface area (Å²) in [7, 11) is 1.46. The summed E-state index contributed by atoms with van der Waals surface area (Å²) < 4.78 is 10.5. The fourth-order valence-corrected chi connectivity index (χ4v) is 2.84. The van der Waals surface area contributed by atoms with Gasteiger partial charge >= 0.3 is 0 Å². The number of primary amides is 1. The van der Waals surface area contributed by atoms with Gasteiger partial charge in [0.1, 0.15) is 0 Å². The predicted octanol–water partition coefficient (Wildman–Crippen LogP) is 0.890. The number of nitrogens with zero attached hydrogens (tertiary/aromatic N) is 2. The van der Waals surface area contributed by atoms with Gasteiger partial charge in [0.25, 0.3) is 11.8 Å². The molecule has 1 aromatic rings. The van der Waals surface area contributed by atoms with E-state index in [-0.39, 0.29) is 18.4 Å². The number of hydrogen-bond donors (Lipinski definition) is 1. The van der Waals surface area contributed by atoms with Crippen LogP contribution in [0.1, 0.15) is 31.1 Å². The van der Waals surface area contributed by atoms with Crippen LogP contribution in [-0.4, -0.2) is 67.4 Å². The number of nitrogens with two attached hydrogens (primary N) is 1. The van der Waals surface area contributed by atoms with Crippen LogP contribution in [0.3, 0.4) is 0 Å². The lowest BCUT2D eigenvalue weighted by molar-refractivity contribution is -0.141. The molecule has 0 saturated carbocycles. The molecule has 0 atom stereocenters. The standard InChI is InChI=1S/C19H27N3O5/c1-19(2,3)18(25)22-9-7-21(8-10-22)17(24)13-5-6-14(15(11-13)26-4)27-12-16(20)23/h5-6,11H,7-10,12H2,1-4H3,(H2,20,23). The number of amides is 3. The fraction of sp³-hybridized carbons (Fsp3) is 0.526. The Labute approximate surface area is 159 Å². The van der Waals surface area contributed by atoms with Gasteiger partial charge in [0.05, 0.1) is 7.11 Å². The highest BCUT2D eigenvalue weighted by atomic mass is 16.5. The second kappa shape index (κ2) is 8.28. The minimum Gasteiger partial charge on any atom is -0.493 e. The summed E-state index contributed by atoms with van der Waals surface area (Å²) >= 11 is 0. The highest BCUT2D eigenvalue weighted by molar-refractivity contribution is 5.95. The molecule has 1 heterocycles. The molecular weight excluding hydrogens is 350 g/mol. The first-order valence-corrected chi connectivity index (χ1v) is 8.81. The Morgan fingerprint density at radius 1 is 1.04 bits per heavy atom. The van der Waals surface area contributed by atoms with Gasteiger partial charge in [-0.1, -0.05) is 20.8 Å². The molecule has 1 saturated heterocycles. The molecule has 1 fully saturated rings. The molecule has 0 aliphatic carbocycles. The van der Waals surface area contributed by atoms with Gasteiger partial charge < -0.3 is 25.0 Å². The molecule has 27 heavy (non-hydrogen) atoms. The normalized spacial score (nSPS) is 14.7. The first kappa shape index (κ1) is 20.5. The van der Waals surface area contributed by atoms with Crippen LogP contribution in [0.25, 0.3) is 0 Å². The Morgan fingerprint density at radius 3 is 2.15 bits per heavy atom. The van der Waals surface area contributed by atoms with Crippen LogP contribution in [-0.2, 0) is 9.59 Å². The lowest BCUT2D eigenvalue weighted by Crippen LogP contribution is -2.53. The van der Waals surface area contributed by atoms with Crippen LogP contribution in [0.4, 0.5) is 0 Å². The Balaban J connectivity index is 2.04. The zero-order chi connectivity index (χ0) is 20.2. The molecule has 8 nitrogen and oxygen atoms in total. The third kappa shape index (κ3) is 5.12. The average molecular weight is 377 g/mol. The van der Waals surface area contributed by atoms with Crippen molar-refractivity contribution in [3.05, 3.63) is 23.8 Å². The summed E-state index contributed by atoms with van der Waals surface area (Å²) in [6.07, 6.45) is 0. The lowest BCUT2D eigenvalue weighted by Gasteiger charge is -2.37. The summed E-state index contributed by atoms with van der Waals surface area (Å²) in [4.78, 5) is 39.5. The topological polar surface area (TPSA) is 102 Å². The monoisotopic (exact) mass is 377 g/mol. The van der Waals surface area contributed by atoms with E-state index < -0.39 is 11.3 Å². The molecule has 0 aromatic heterocycles. The maximum atomic E-state index is 12.8. The third-order valence-corrected chi connectivity index (χ3v) is 4.28. The molecule has 0 spiro atoms. The molecular formula is C19H27N3O5. The quantitative estimate of drug-likeness (QED) is 0.821. The van der Waals surface area contributed by atoms with Crippen molar-refractivity contribution in [1.29, 1.82) is 0 Å². The smallest absolute Gasteiger partial charge is 0.255 e. The van der Waals surface area contributed by atoms with Crippen LogP contribution in [0.5, 0.6) is 11.5 Å². The molecule has 2 N–H and O–H groups in total. The molecule has 148 valence electrons. The van der Waals surface area contributed by atoms with Crippen LogP contribution in [0.2, 0.25) is 0 Å². The highest BCUT2D eigenvalue weighted by Crippen LogP contribution is 2.29. The molecule has 0 radical (unpaired) electrons. The number of ether oxygens (including phenoxy) is 2. The van der Waals surface area contributed by atoms with E-state index >= 15 is 0 Å². The molecule has 8 heteroatoms. The first-order valence-electron chi connectivity index (χ1n) is 8.81. The van der Waals surface area contributed by atoms with Crippen LogP contribution < -0.4 is 15.2 Å². The van der Waals surface area contributed by atoms with Gasteiger partial charge in [0, 0.05) is 37.2 Å². The number of carbonyl (C=O) groups excluding carboxylic acids is 3. The Kier molecular flexibility index (Phi) is 6.30. The molecule has 2 rings (SSSR count). The van der Waals surface area contributed by atoms with E-state index in [4.69, 9.17) is 15.2 Å². The van der Waals surface area contributed by atoms with Crippen LogP contribution >= 0.6 is 0 Å². The van der Waals surface area contributed by atoms with Crippen molar-refractivity contribution in [1.82, 2.24) is 9.80 Å². The number of piperazine rings is 1. The van der Waals surface area contributed by atoms with E-state index in [1.54, 1.807) is 28.0 Å². The summed E-state index contributed by atoms with van der Waals surface area (Å²) in [6.45, 7) is 7.37. The number of rotatable bonds is 5. The summed E-state index contributed by atoms with van der Waals surface area (Å²) in [5.41, 5.74) is 5.10. The van der Waals surface area contributed by atoms with E-state index in [0.717, 1.165) is 0 Å². The number of benzene rings is 1. The van der Waals surface area contributed by atoms with Crippen LogP contribution in [0, 0.1) is 5.41 Å². The minimum absolute atomic E-state index is 0.0900. The summed E-state index contributed by atoms with van der Waals surface area (Å²) in [5.74, 6) is 0.0433. The van der Waals surface area contributed by atoms with Crippen molar-refractivity contribution in [3.63, 3.8) is 0 Å². The molecule has 1 aromatic carbocycles. The van der Waals surface area contributed by atoms with Gasteiger partial charge in [-0.2, -0.15) is 0 Å². The Morgan fingerprint density at radius 2 is 1.63 bits per heavy atom. The lowest BCUT2D eigenvalue weighted by atomic mass is 9.94. The van der Waals surface area contributed by atoms with E-state index in [2.05, 4.69) is 0 Å². The molecule has 0 bridgehead atoms. The van der Waals surface area contributed by atoms with E-state index in [1.165, 1.54) is 7.11 Å². The molecule has 1 aliphatic heterocycles. The van der Waals surface area contributed by atoms with Crippen molar-refractivity contribution in [3.8, 4) is 11.5 Å². The predicted molar refractivity (Wildman–Crippen MR) is 99.6 cm³/mol. The largest absolute Gasteiger partial charge is 0.493 e. The Hall–Kier alpha value is -2.77. The van der Waals surface area contributed by atoms with Crippen molar-refractivity contribution >= 4 is 17.7 Å². The van der Waals surface area contributed by atoms with Gasteiger partial charge in [0.15, 0.2) is 18.1 Å². The second-order valence-corrected chi connectivity index (χ2v) is 7.46. The van der Waals surface area contributed by atoms with Crippen molar-refractivity contribution in [2.24, 2.45) is 11.1 Å². The number of hydrogen-bond acceptors (Lipinski definition) is 5. The van der Waals surface area contributed by atoms with Crippen molar-refractivity contribution in [2.75, 3.05) is 39.9 Å². The van der Waals surface area contributed by atoms with Gasteiger partial charge in [0.2, 0.25) is 5.91 Å². The maximum Gasteiger partial charge on any atom is 0.255 e. The summed E-state index contributed by atoms with van der Waals surface area (Å²) in [6, 6.07) is 4.77. The molecule has 1 aliphatic rings. The minimum atomic E-state index is -0.597. The zero-order valence-corrected chi connectivity index (χ0v) is 16.3. The SMILES string of the molecule is COc1cc(C(=O)N2CCN(C(=O)C(C)(C)C)CC2)ccc1OCC(N)=O. The number of carbonyl (C=O) groups is 3. The first-order chi connectivity index (χ1) is 12.6. The van der Waals surface area contributed by atoms with Gasteiger partial charge in [-0.3, -0.25) is 14.4 Å². The maximum absolute atomic E-state index is 12.8. The Bertz CT molecular complexity index is 719. The molecule has 0 unspecified atom stereocenters. The van der Waals surface area contributed by atoms with E-state index in [9.17, 15) is 14.4 Å². The molecule has 3 amide bonds. The summed E-state index contributed by atoms with van der Waals surface area (Å²) in [5, 5.41) is 0. The average Bonchev–Trinajstić information content (AvgIpc) is 2.64. The van der Waals surface area contributed by atoms with Crippen molar-refractivity contribution < 1.29 is 23.9 Å². The third-order valence-electron chi connectivity index (χ3n) is 4.28. The zero-order valence-electron chi connectivity index (χ0n) is 16.3.